The number of nitrogens with two attached hydrogens (primary N) is 1. The van der Waals surface area contributed by atoms with Gasteiger partial charge in [0, 0.05) is 0 Å². The first-order valence-corrected chi connectivity index (χ1v) is 4.72. The molecular formula is C9H19N3O. The highest BCUT2D eigenvalue weighted by atomic mass is 16.3. The van der Waals surface area contributed by atoms with Gasteiger partial charge in [0.25, 0.3) is 0 Å². The molecule has 1 atom stereocenters. The second kappa shape index (κ2) is 3.54. The molecule has 0 bridgehead atoms. The monoisotopic (exact) mass is 185 g/mol. The van der Waals surface area contributed by atoms with E-state index in [2.05, 4.69) is 10.3 Å². The molecule has 13 heavy (non-hydrogen) atoms. The van der Waals surface area contributed by atoms with Crippen LogP contribution in [-0.2, 0) is 0 Å². The standard InChI is InChI=1S/C9H19N3O/c1-6(9(2,3)13)11-8(10)12-7-4-5-7/h6-7,13H,4-5H2,1-3H3,(H3,10,11,12). The Labute approximate surface area is 79.2 Å². The number of hydrogen-bond acceptors (Lipinski definition) is 2. The molecule has 4 nitrogen and oxygen atoms in total. The first-order valence-electron chi connectivity index (χ1n) is 4.72. The molecule has 76 valence electrons. The van der Waals surface area contributed by atoms with Gasteiger partial charge in [-0.2, -0.15) is 0 Å². The van der Waals surface area contributed by atoms with E-state index in [1.165, 1.54) is 0 Å². The third-order valence-electron chi connectivity index (χ3n) is 2.29. The first kappa shape index (κ1) is 10.3. The molecular weight excluding hydrogens is 166 g/mol. The van der Waals surface area contributed by atoms with Crippen LogP contribution in [0.3, 0.4) is 0 Å². The second-order valence-electron chi connectivity index (χ2n) is 4.27. The van der Waals surface area contributed by atoms with Crippen molar-refractivity contribution in [1.29, 1.82) is 0 Å². The van der Waals surface area contributed by atoms with Gasteiger partial charge in [0.15, 0.2) is 5.96 Å². The van der Waals surface area contributed by atoms with Crippen LogP contribution in [0.5, 0.6) is 0 Å². The van der Waals surface area contributed by atoms with E-state index in [4.69, 9.17) is 5.73 Å². The normalized spacial score (nSPS) is 21.4. The van der Waals surface area contributed by atoms with E-state index in [9.17, 15) is 5.11 Å². The summed E-state index contributed by atoms with van der Waals surface area (Å²) in [7, 11) is 0. The van der Waals surface area contributed by atoms with Crippen molar-refractivity contribution in [3.8, 4) is 0 Å². The fourth-order valence-corrected chi connectivity index (χ4v) is 0.836. The first-order chi connectivity index (χ1) is 5.89. The molecule has 0 heterocycles. The average molecular weight is 185 g/mol. The summed E-state index contributed by atoms with van der Waals surface area (Å²) < 4.78 is 0. The Hall–Kier alpha value is -0.770. The minimum absolute atomic E-state index is 0.0880. The highest BCUT2D eigenvalue weighted by molar-refractivity contribution is 5.78. The molecule has 0 saturated heterocycles. The minimum atomic E-state index is -0.774. The molecule has 0 radical (unpaired) electrons. The maximum absolute atomic E-state index is 9.61. The number of rotatable bonds is 3. The van der Waals surface area contributed by atoms with Crippen LogP contribution < -0.4 is 11.1 Å². The van der Waals surface area contributed by atoms with Crippen LogP contribution in [0.1, 0.15) is 33.6 Å². The third-order valence-corrected chi connectivity index (χ3v) is 2.29. The van der Waals surface area contributed by atoms with Gasteiger partial charge in [-0.1, -0.05) is 0 Å². The Bertz CT molecular complexity index is 203. The number of nitrogens with one attached hydrogen (secondary N) is 1. The summed E-state index contributed by atoms with van der Waals surface area (Å²) in [6.07, 6.45) is 2.28. The molecule has 4 heteroatoms. The van der Waals surface area contributed by atoms with Crippen LogP contribution >= 0.6 is 0 Å². The van der Waals surface area contributed by atoms with Crippen LogP contribution in [0, 0.1) is 0 Å². The highest BCUT2D eigenvalue weighted by Gasteiger charge is 2.24. The molecule has 0 aliphatic heterocycles. The number of nitrogens with zero attached hydrogens (tertiary/aromatic N) is 1. The van der Waals surface area contributed by atoms with Crippen LogP contribution in [0.4, 0.5) is 0 Å². The summed E-state index contributed by atoms with van der Waals surface area (Å²) in [5, 5.41) is 12.6. The zero-order chi connectivity index (χ0) is 10.1. The quantitative estimate of drug-likeness (QED) is 0.435. The zero-order valence-corrected chi connectivity index (χ0v) is 8.54. The third kappa shape index (κ3) is 3.63. The highest BCUT2D eigenvalue weighted by Crippen LogP contribution is 2.23. The Morgan fingerprint density at radius 1 is 1.62 bits per heavy atom. The molecule has 0 aromatic rings. The number of guanidine groups is 1. The lowest BCUT2D eigenvalue weighted by atomic mass is 10.0. The van der Waals surface area contributed by atoms with Crippen molar-refractivity contribution in [2.24, 2.45) is 10.7 Å². The summed E-state index contributed by atoms with van der Waals surface area (Å²) in [4.78, 5) is 4.21. The topological polar surface area (TPSA) is 70.6 Å². The molecule has 0 aromatic heterocycles. The Morgan fingerprint density at radius 2 is 2.15 bits per heavy atom. The van der Waals surface area contributed by atoms with E-state index in [0.717, 1.165) is 12.8 Å². The molecule has 0 spiro atoms. The van der Waals surface area contributed by atoms with Gasteiger partial charge in [-0.05, 0) is 33.6 Å². The van der Waals surface area contributed by atoms with E-state index in [0.29, 0.717) is 12.0 Å². The van der Waals surface area contributed by atoms with E-state index in [1.807, 2.05) is 6.92 Å². The van der Waals surface area contributed by atoms with E-state index >= 15 is 0 Å². The van der Waals surface area contributed by atoms with Crippen molar-refractivity contribution in [3.05, 3.63) is 0 Å². The van der Waals surface area contributed by atoms with Gasteiger partial charge in [0.05, 0.1) is 17.7 Å². The second-order valence-corrected chi connectivity index (χ2v) is 4.27. The summed E-state index contributed by atoms with van der Waals surface area (Å²) >= 11 is 0. The van der Waals surface area contributed by atoms with Crippen molar-refractivity contribution >= 4 is 5.96 Å². The van der Waals surface area contributed by atoms with E-state index < -0.39 is 5.60 Å². The fraction of sp³-hybridized carbons (Fsp3) is 0.889. The van der Waals surface area contributed by atoms with Crippen LogP contribution in [0.2, 0.25) is 0 Å². The van der Waals surface area contributed by atoms with Crippen LogP contribution in [-0.4, -0.2) is 28.8 Å². The predicted octanol–water partition coefficient (Wildman–Crippen LogP) is 0.212. The van der Waals surface area contributed by atoms with Crippen molar-refractivity contribution in [3.63, 3.8) is 0 Å². The van der Waals surface area contributed by atoms with Gasteiger partial charge in [-0.25, -0.2) is 0 Å². The lowest BCUT2D eigenvalue weighted by Gasteiger charge is -2.27. The van der Waals surface area contributed by atoms with Gasteiger partial charge < -0.3 is 16.2 Å². The van der Waals surface area contributed by atoms with E-state index in [-0.39, 0.29) is 6.04 Å². The SMILES string of the molecule is CC(NC(N)=NC1CC1)C(C)(C)O. The fourth-order valence-electron chi connectivity index (χ4n) is 0.836. The summed E-state index contributed by atoms with van der Waals surface area (Å²) in [6, 6.07) is 0.330. The van der Waals surface area contributed by atoms with Gasteiger partial charge in [0.1, 0.15) is 0 Å². The number of aliphatic hydroxyl groups is 1. The lowest BCUT2D eigenvalue weighted by molar-refractivity contribution is 0.0511. The maximum Gasteiger partial charge on any atom is 0.189 e. The minimum Gasteiger partial charge on any atom is -0.388 e. The molecule has 1 aliphatic carbocycles. The predicted molar refractivity (Wildman–Crippen MR) is 53.5 cm³/mol. The molecule has 1 unspecified atom stereocenters. The summed E-state index contributed by atoms with van der Waals surface area (Å²) in [5.74, 6) is 0.442. The molecule has 1 fully saturated rings. The molecule has 1 aliphatic rings. The van der Waals surface area contributed by atoms with Crippen molar-refractivity contribution in [1.82, 2.24) is 5.32 Å². The molecule has 1 saturated carbocycles. The van der Waals surface area contributed by atoms with Gasteiger partial charge in [0.2, 0.25) is 0 Å². The smallest absolute Gasteiger partial charge is 0.189 e. The number of hydrogen-bond donors (Lipinski definition) is 3. The van der Waals surface area contributed by atoms with Crippen molar-refractivity contribution in [2.75, 3.05) is 0 Å². The Kier molecular flexibility index (Phi) is 2.81. The van der Waals surface area contributed by atoms with Gasteiger partial charge >= 0.3 is 0 Å². The maximum atomic E-state index is 9.61. The summed E-state index contributed by atoms with van der Waals surface area (Å²) in [6.45, 7) is 5.37. The van der Waals surface area contributed by atoms with Gasteiger partial charge in [-0.3, -0.25) is 4.99 Å². The largest absolute Gasteiger partial charge is 0.388 e. The Morgan fingerprint density at radius 3 is 2.54 bits per heavy atom. The van der Waals surface area contributed by atoms with Crippen molar-refractivity contribution < 1.29 is 5.11 Å². The molecule has 1 rings (SSSR count). The van der Waals surface area contributed by atoms with Gasteiger partial charge in [-0.15, -0.1) is 0 Å². The molecule has 4 N–H and O–H groups in total. The Balaban J connectivity index is 2.38. The molecule has 0 amide bonds. The van der Waals surface area contributed by atoms with Crippen molar-refractivity contribution in [2.45, 2.75) is 51.3 Å². The van der Waals surface area contributed by atoms with E-state index in [1.54, 1.807) is 13.8 Å². The number of aliphatic imine (C=N–C) groups is 1. The van der Waals surface area contributed by atoms with Crippen LogP contribution in [0.15, 0.2) is 4.99 Å². The summed E-state index contributed by atoms with van der Waals surface area (Å²) in [5.41, 5.74) is 4.87. The molecule has 0 aromatic carbocycles. The lowest BCUT2D eigenvalue weighted by Crippen LogP contribution is -2.49. The average Bonchev–Trinajstić information content (AvgIpc) is 2.68. The van der Waals surface area contributed by atoms with Crippen LogP contribution in [0.25, 0.3) is 0 Å². The zero-order valence-electron chi connectivity index (χ0n) is 8.54.